The molecule has 4 rings (SSSR count). The van der Waals surface area contributed by atoms with Crippen molar-refractivity contribution in [2.75, 3.05) is 11.1 Å². The summed E-state index contributed by atoms with van der Waals surface area (Å²) in [5, 5.41) is 21.6. The van der Waals surface area contributed by atoms with Crippen molar-refractivity contribution in [1.29, 1.82) is 0 Å². The third-order valence-electron chi connectivity index (χ3n) is 4.30. The van der Waals surface area contributed by atoms with Crippen LogP contribution in [0.2, 0.25) is 0 Å². The molecule has 0 aliphatic heterocycles. The van der Waals surface area contributed by atoms with Gasteiger partial charge in [0.25, 0.3) is 5.56 Å². The topological polar surface area (TPSA) is 107 Å². The lowest BCUT2D eigenvalue weighted by Crippen LogP contribution is -2.22. The van der Waals surface area contributed by atoms with E-state index in [4.69, 9.17) is 0 Å². The number of allylic oxidation sites excluding steroid dienone is 1. The van der Waals surface area contributed by atoms with E-state index < -0.39 is 0 Å². The fraction of sp³-hybridized carbons (Fsp3) is 0.263. The summed E-state index contributed by atoms with van der Waals surface area (Å²) >= 11 is 2.60. The fourth-order valence-electron chi connectivity index (χ4n) is 2.92. The van der Waals surface area contributed by atoms with Gasteiger partial charge in [-0.1, -0.05) is 55.2 Å². The number of aromatic nitrogens is 6. The van der Waals surface area contributed by atoms with Crippen molar-refractivity contribution in [2.45, 2.75) is 31.5 Å². The number of nitrogens with one attached hydrogen (secondary N) is 1. The van der Waals surface area contributed by atoms with Crippen molar-refractivity contribution in [2.24, 2.45) is 0 Å². The van der Waals surface area contributed by atoms with Gasteiger partial charge in [0.1, 0.15) is 5.01 Å². The molecule has 0 bridgehead atoms. The molecule has 0 fully saturated rings. The Balaban J connectivity index is 1.62. The summed E-state index contributed by atoms with van der Waals surface area (Å²) in [7, 11) is 0. The molecule has 0 unspecified atom stereocenters. The Morgan fingerprint density at radius 3 is 2.80 bits per heavy atom. The van der Waals surface area contributed by atoms with Gasteiger partial charge in [0.15, 0.2) is 5.16 Å². The summed E-state index contributed by atoms with van der Waals surface area (Å²) in [4.78, 5) is 25.2. The van der Waals surface area contributed by atoms with Crippen LogP contribution in [-0.2, 0) is 11.3 Å². The first-order chi connectivity index (χ1) is 14.5. The minimum Gasteiger partial charge on any atom is -0.300 e. The number of amides is 1. The van der Waals surface area contributed by atoms with Crippen LogP contribution < -0.4 is 10.9 Å². The maximum Gasteiger partial charge on any atom is 0.263 e. The second-order valence-corrected chi connectivity index (χ2v) is 8.73. The van der Waals surface area contributed by atoms with E-state index in [2.05, 4.69) is 32.3 Å². The number of benzene rings is 1. The van der Waals surface area contributed by atoms with Gasteiger partial charge >= 0.3 is 0 Å². The Hall–Kier alpha value is -3.05. The van der Waals surface area contributed by atoms with Crippen LogP contribution >= 0.6 is 23.1 Å². The van der Waals surface area contributed by atoms with Crippen LogP contribution in [-0.4, -0.2) is 41.0 Å². The largest absolute Gasteiger partial charge is 0.300 e. The normalized spacial score (nSPS) is 11.4. The first-order valence-corrected chi connectivity index (χ1v) is 11.0. The molecule has 11 heteroatoms. The molecule has 4 aromatic rings. The minimum absolute atomic E-state index is 0.117. The van der Waals surface area contributed by atoms with E-state index in [1.807, 2.05) is 32.0 Å². The van der Waals surface area contributed by atoms with E-state index in [9.17, 15) is 9.59 Å². The number of thioether (sulfide) groups is 1. The Morgan fingerprint density at radius 1 is 1.27 bits per heavy atom. The van der Waals surface area contributed by atoms with E-state index >= 15 is 0 Å². The lowest BCUT2D eigenvalue weighted by atomic mass is 10.2. The number of nitrogens with zero attached hydrogens (tertiary/aromatic N) is 6. The zero-order chi connectivity index (χ0) is 21.3. The summed E-state index contributed by atoms with van der Waals surface area (Å²) < 4.78 is 3.31. The highest BCUT2D eigenvalue weighted by Gasteiger charge is 2.17. The quantitative estimate of drug-likeness (QED) is 0.347. The van der Waals surface area contributed by atoms with Crippen LogP contribution in [0, 0.1) is 0 Å². The highest BCUT2D eigenvalue weighted by Crippen LogP contribution is 2.24. The Morgan fingerprint density at radius 2 is 2.07 bits per heavy atom. The molecule has 1 amide bonds. The van der Waals surface area contributed by atoms with Gasteiger partial charge in [-0.25, -0.2) is 0 Å². The van der Waals surface area contributed by atoms with Crippen molar-refractivity contribution in [3.8, 4) is 0 Å². The van der Waals surface area contributed by atoms with Crippen molar-refractivity contribution < 1.29 is 4.79 Å². The zero-order valence-electron chi connectivity index (χ0n) is 16.4. The van der Waals surface area contributed by atoms with Crippen molar-refractivity contribution in [1.82, 2.24) is 29.4 Å². The molecule has 0 aliphatic carbocycles. The van der Waals surface area contributed by atoms with Gasteiger partial charge in [0.2, 0.25) is 16.8 Å². The molecule has 3 aromatic heterocycles. The van der Waals surface area contributed by atoms with E-state index in [1.165, 1.54) is 27.7 Å². The average Bonchev–Trinajstić information content (AvgIpc) is 3.37. The average molecular weight is 442 g/mol. The maximum absolute atomic E-state index is 12.8. The number of carbonyl (C=O) groups excluding carboxylic acids is 1. The van der Waals surface area contributed by atoms with Crippen LogP contribution in [0.3, 0.4) is 0 Å². The van der Waals surface area contributed by atoms with Crippen molar-refractivity contribution in [3.05, 3.63) is 52.3 Å². The number of hydrogen-bond acceptors (Lipinski definition) is 8. The van der Waals surface area contributed by atoms with Gasteiger partial charge < -0.3 is 0 Å². The molecule has 0 atom stereocenters. The maximum atomic E-state index is 12.8. The number of para-hydroxylation sites is 1. The Bertz CT molecular complexity index is 1310. The molecule has 1 aromatic carbocycles. The number of rotatable bonds is 7. The lowest BCUT2D eigenvalue weighted by Gasteiger charge is -2.09. The third kappa shape index (κ3) is 3.73. The van der Waals surface area contributed by atoms with Crippen LogP contribution in [0.4, 0.5) is 5.13 Å². The van der Waals surface area contributed by atoms with Crippen LogP contribution in [0.5, 0.6) is 0 Å². The van der Waals surface area contributed by atoms with Gasteiger partial charge in [-0.2, -0.15) is 0 Å². The summed E-state index contributed by atoms with van der Waals surface area (Å²) in [6, 6.07) is 7.26. The van der Waals surface area contributed by atoms with Gasteiger partial charge in [-0.05, 0) is 12.1 Å². The molecule has 9 nitrogen and oxygen atoms in total. The number of fused-ring (bicyclic) bond motifs is 3. The molecule has 3 heterocycles. The summed E-state index contributed by atoms with van der Waals surface area (Å²) in [6.07, 6.45) is 1.64. The first-order valence-electron chi connectivity index (χ1n) is 9.23. The van der Waals surface area contributed by atoms with Gasteiger partial charge in [0, 0.05) is 12.5 Å². The lowest BCUT2D eigenvalue weighted by molar-refractivity contribution is -0.113. The second-order valence-electron chi connectivity index (χ2n) is 6.78. The Kier molecular flexibility index (Phi) is 5.64. The molecule has 0 saturated carbocycles. The van der Waals surface area contributed by atoms with E-state index in [0.29, 0.717) is 33.5 Å². The van der Waals surface area contributed by atoms with Crippen molar-refractivity contribution in [3.63, 3.8) is 0 Å². The Labute approximate surface area is 179 Å². The van der Waals surface area contributed by atoms with Gasteiger partial charge in [-0.15, -0.1) is 27.0 Å². The molecule has 0 radical (unpaired) electrons. The van der Waals surface area contributed by atoms with E-state index in [-0.39, 0.29) is 23.1 Å². The van der Waals surface area contributed by atoms with Crippen LogP contribution in [0.15, 0.2) is 46.9 Å². The molecule has 0 saturated heterocycles. The van der Waals surface area contributed by atoms with Gasteiger partial charge in [-0.3, -0.25) is 23.9 Å². The SMILES string of the molecule is C=CCn1c(=O)c2ccccc2n2c(SCC(=O)Nc3nnc(C(C)C)s3)nnc12. The smallest absolute Gasteiger partial charge is 0.263 e. The zero-order valence-corrected chi connectivity index (χ0v) is 18.0. The molecule has 0 spiro atoms. The summed E-state index contributed by atoms with van der Waals surface area (Å²) in [5.41, 5.74) is 0.535. The standard InChI is InChI=1S/C19H19N7O2S2/c1-4-9-25-16(28)12-7-5-6-8-13(12)26-18(25)23-24-19(26)29-10-14(27)20-17-22-21-15(30-17)11(2)3/h4-8,11H,1,9-10H2,2-3H3,(H,20,22,27). The first kappa shape index (κ1) is 20.2. The highest BCUT2D eigenvalue weighted by molar-refractivity contribution is 7.99. The molecule has 1 N–H and O–H groups in total. The molecule has 154 valence electrons. The van der Waals surface area contributed by atoms with Crippen molar-refractivity contribution >= 4 is 50.8 Å². The van der Waals surface area contributed by atoms with Gasteiger partial charge in [0.05, 0.1) is 16.7 Å². The fourth-order valence-corrected chi connectivity index (χ4v) is 4.43. The van der Waals surface area contributed by atoms with E-state index in [1.54, 1.807) is 16.5 Å². The third-order valence-corrected chi connectivity index (χ3v) is 6.37. The second kappa shape index (κ2) is 8.36. The molecular formula is C19H19N7O2S2. The van der Waals surface area contributed by atoms with Crippen LogP contribution in [0.25, 0.3) is 16.7 Å². The predicted octanol–water partition coefficient (Wildman–Crippen LogP) is 2.94. The highest BCUT2D eigenvalue weighted by atomic mass is 32.2. The van der Waals surface area contributed by atoms with Crippen LogP contribution in [0.1, 0.15) is 24.8 Å². The summed E-state index contributed by atoms with van der Waals surface area (Å²) in [6.45, 7) is 8.07. The number of hydrogen-bond donors (Lipinski definition) is 1. The summed E-state index contributed by atoms with van der Waals surface area (Å²) in [5.74, 6) is 0.567. The van der Waals surface area contributed by atoms with E-state index in [0.717, 1.165) is 5.01 Å². The number of carbonyl (C=O) groups is 1. The monoisotopic (exact) mass is 441 g/mol. The molecule has 0 aliphatic rings. The predicted molar refractivity (Wildman–Crippen MR) is 118 cm³/mol. The molecular weight excluding hydrogens is 422 g/mol. The molecule has 30 heavy (non-hydrogen) atoms. The number of anilines is 1. The minimum atomic E-state index is -0.216.